The van der Waals surface area contributed by atoms with Crippen LogP contribution in [-0.2, 0) is 4.74 Å². The summed E-state index contributed by atoms with van der Waals surface area (Å²) in [7, 11) is 0. The minimum Gasteiger partial charge on any atom is -0.444 e. The minimum atomic E-state index is -0.413. The Hall–Kier alpha value is -0.770. The van der Waals surface area contributed by atoms with E-state index in [9.17, 15) is 4.79 Å². The molecule has 0 heterocycles. The lowest BCUT2D eigenvalue weighted by Crippen LogP contribution is -2.58. The number of unbranched alkanes of at least 4 members (excludes halogenated alkanes) is 1. The predicted molar refractivity (Wildman–Crippen MR) is 92.4 cm³/mol. The van der Waals surface area contributed by atoms with Gasteiger partial charge in [-0.1, -0.05) is 0 Å². The molecule has 0 aromatic heterocycles. The van der Waals surface area contributed by atoms with Gasteiger partial charge in [0.1, 0.15) is 5.60 Å². The summed E-state index contributed by atoms with van der Waals surface area (Å²) >= 11 is 0. The molecular weight excluding hydrogens is 288 g/mol. The number of hydrogen-bond donors (Lipinski definition) is 2. The van der Waals surface area contributed by atoms with Crippen LogP contribution in [0.25, 0.3) is 0 Å². The molecule has 4 heteroatoms. The summed E-state index contributed by atoms with van der Waals surface area (Å²) in [5.74, 6) is 3.01. The molecule has 0 aliphatic heterocycles. The summed E-state index contributed by atoms with van der Waals surface area (Å²) in [4.78, 5) is 11.6. The molecule has 1 amide bonds. The molecule has 0 aromatic carbocycles. The van der Waals surface area contributed by atoms with E-state index >= 15 is 0 Å². The van der Waals surface area contributed by atoms with Crippen molar-refractivity contribution in [2.75, 3.05) is 13.1 Å². The van der Waals surface area contributed by atoms with E-state index in [1.807, 2.05) is 20.8 Å². The van der Waals surface area contributed by atoms with Crippen LogP contribution in [0, 0.1) is 17.8 Å². The number of rotatable bonds is 6. The smallest absolute Gasteiger partial charge is 0.407 e. The zero-order chi connectivity index (χ0) is 16.5. The summed E-state index contributed by atoms with van der Waals surface area (Å²) in [5.41, 5.74) is 0.0531. The average molecular weight is 322 g/mol. The van der Waals surface area contributed by atoms with Gasteiger partial charge in [0.15, 0.2) is 0 Å². The molecule has 2 N–H and O–H groups in total. The van der Waals surface area contributed by atoms with E-state index < -0.39 is 5.60 Å². The second-order valence-electron chi connectivity index (χ2n) is 9.26. The summed E-state index contributed by atoms with van der Waals surface area (Å²) < 4.78 is 5.24. The lowest BCUT2D eigenvalue weighted by Gasteiger charge is -2.57. The highest BCUT2D eigenvalue weighted by atomic mass is 16.6. The Kier molecular flexibility index (Phi) is 4.91. The van der Waals surface area contributed by atoms with Gasteiger partial charge in [-0.25, -0.2) is 4.79 Å². The predicted octanol–water partition coefficient (Wildman–Crippen LogP) is 3.85. The average Bonchev–Trinajstić information content (AvgIpc) is 2.39. The van der Waals surface area contributed by atoms with Crippen LogP contribution in [0.4, 0.5) is 4.79 Å². The van der Waals surface area contributed by atoms with Crippen LogP contribution in [0.5, 0.6) is 0 Å². The van der Waals surface area contributed by atoms with Gasteiger partial charge in [0, 0.05) is 12.1 Å². The maximum atomic E-state index is 11.6. The van der Waals surface area contributed by atoms with Crippen molar-refractivity contribution in [3.8, 4) is 0 Å². The third kappa shape index (κ3) is 4.62. The molecule has 4 nitrogen and oxygen atoms in total. The monoisotopic (exact) mass is 322 g/mol. The molecule has 0 saturated heterocycles. The number of hydrogen-bond acceptors (Lipinski definition) is 3. The fraction of sp³-hybridized carbons (Fsp3) is 0.947. The molecule has 4 saturated carbocycles. The third-order valence-electron chi connectivity index (χ3n) is 5.81. The van der Waals surface area contributed by atoms with E-state index in [1.54, 1.807) is 0 Å². The van der Waals surface area contributed by atoms with Crippen LogP contribution in [-0.4, -0.2) is 30.3 Å². The van der Waals surface area contributed by atoms with Crippen LogP contribution in [0.1, 0.15) is 72.1 Å². The lowest BCUT2D eigenvalue weighted by molar-refractivity contribution is -0.0196. The molecule has 4 fully saturated rings. The van der Waals surface area contributed by atoms with Crippen molar-refractivity contribution in [1.29, 1.82) is 0 Å². The van der Waals surface area contributed by atoms with Crippen LogP contribution >= 0.6 is 0 Å². The van der Waals surface area contributed by atoms with Crippen LogP contribution < -0.4 is 10.6 Å². The number of carbonyl (C=O) groups excluding carboxylic acids is 1. The summed E-state index contributed by atoms with van der Waals surface area (Å²) in [6, 6.07) is 0. The fourth-order valence-electron chi connectivity index (χ4n) is 5.44. The van der Waals surface area contributed by atoms with Crippen molar-refractivity contribution < 1.29 is 9.53 Å². The molecule has 0 radical (unpaired) electrons. The summed E-state index contributed by atoms with van der Waals surface area (Å²) in [6.07, 6.45) is 10.6. The number of ether oxygens (including phenoxy) is 1. The highest BCUT2D eigenvalue weighted by Gasteiger charge is 2.50. The number of amides is 1. The highest BCUT2D eigenvalue weighted by molar-refractivity contribution is 5.67. The molecule has 4 bridgehead atoms. The van der Waals surface area contributed by atoms with Gasteiger partial charge >= 0.3 is 6.09 Å². The van der Waals surface area contributed by atoms with E-state index in [2.05, 4.69) is 10.6 Å². The Balaban J connectivity index is 1.30. The Labute approximate surface area is 141 Å². The van der Waals surface area contributed by atoms with Crippen LogP contribution in [0.3, 0.4) is 0 Å². The van der Waals surface area contributed by atoms with Gasteiger partial charge in [-0.3, -0.25) is 0 Å². The normalized spacial score (nSPS) is 35.3. The van der Waals surface area contributed by atoms with Crippen molar-refractivity contribution in [1.82, 2.24) is 10.6 Å². The molecule has 0 aromatic rings. The number of nitrogens with one attached hydrogen (secondary N) is 2. The Bertz CT molecular complexity index is 392. The highest BCUT2D eigenvalue weighted by Crippen LogP contribution is 2.55. The molecule has 0 unspecified atom stereocenters. The summed E-state index contributed by atoms with van der Waals surface area (Å²) in [5, 5.41) is 6.75. The number of alkyl carbamates (subject to hydrolysis) is 1. The van der Waals surface area contributed by atoms with Gasteiger partial charge in [-0.05, 0) is 96.4 Å². The first-order valence-electron chi connectivity index (χ1n) is 9.55. The first kappa shape index (κ1) is 17.1. The van der Waals surface area contributed by atoms with E-state index in [1.165, 1.54) is 38.5 Å². The van der Waals surface area contributed by atoms with Gasteiger partial charge in [-0.15, -0.1) is 0 Å². The van der Waals surface area contributed by atoms with Gasteiger partial charge in [0.2, 0.25) is 0 Å². The van der Waals surface area contributed by atoms with E-state index in [-0.39, 0.29) is 6.09 Å². The van der Waals surface area contributed by atoms with Gasteiger partial charge in [0.25, 0.3) is 0 Å². The third-order valence-corrected chi connectivity index (χ3v) is 5.81. The molecule has 0 spiro atoms. The second kappa shape index (κ2) is 6.62. The largest absolute Gasteiger partial charge is 0.444 e. The molecule has 4 aliphatic carbocycles. The first-order chi connectivity index (χ1) is 10.8. The van der Waals surface area contributed by atoms with Gasteiger partial charge in [-0.2, -0.15) is 0 Å². The zero-order valence-electron chi connectivity index (χ0n) is 15.1. The van der Waals surface area contributed by atoms with Crippen molar-refractivity contribution in [2.45, 2.75) is 83.3 Å². The quantitative estimate of drug-likeness (QED) is 0.730. The molecule has 132 valence electrons. The van der Waals surface area contributed by atoms with Crippen molar-refractivity contribution in [3.63, 3.8) is 0 Å². The SMILES string of the molecule is CC(C)(C)OC(=O)NCCCCNC12CC3CC(CC(C3)C1)C2. The van der Waals surface area contributed by atoms with E-state index in [0.717, 1.165) is 37.1 Å². The maximum absolute atomic E-state index is 11.6. The van der Waals surface area contributed by atoms with Crippen LogP contribution in [0.2, 0.25) is 0 Å². The van der Waals surface area contributed by atoms with Crippen LogP contribution in [0.15, 0.2) is 0 Å². The zero-order valence-corrected chi connectivity index (χ0v) is 15.1. The molecule has 4 rings (SSSR count). The van der Waals surface area contributed by atoms with Crippen molar-refractivity contribution in [2.24, 2.45) is 17.8 Å². The Morgan fingerprint density at radius 2 is 1.52 bits per heavy atom. The van der Waals surface area contributed by atoms with Gasteiger partial charge in [0.05, 0.1) is 0 Å². The van der Waals surface area contributed by atoms with Crippen molar-refractivity contribution >= 4 is 6.09 Å². The molecule has 0 atom stereocenters. The Morgan fingerprint density at radius 3 is 2.04 bits per heavy atom. The number of carbonyl (C=O) groups is 1. The molecule has 4 aliphatic rings. The minimum absolute atomic E-state index is 0.299. The standard InChI is InChI=1S/C19H34N2O2/c1-18(2,3)23-17(22)20-6-4-5-7-21-19-11-14-8-15(12-19)10-16(9-14)13-19/h14-16,21H,4-13H2,1-3H3,(H,20,22). The first-order valence-corrected chi connectivity index (χ1v) is 9.55. The topological polar surface area (TPSA) is 50.4 Å². The molecule has 23 heavy (non-hydrogen) atoms. The second-order valence-corrected chi connectivity index (χ2v) is 9.26. The van der Waals surface area contributed by atoms with Crippen molar-refractivity contribution in [3.05, 3.63) is 0 Å². The lowest BCUT2D eigenvalue weighted by atomic mass is 9.53. The van der Waals surface area contributed by atoms with Gasteiger partial charge < -0.3 is 15.4 Å². The fourth-order valence-corrected chi connectivity index (χ4v) is 5.44. The molecular formula is C19H34N2O2. The Morgan fingerprint density at radius 1 is 1.00 bits per heavy atom. The summed E-state index contributed by atoms with van der Waals surface area (Å²) in [6.45, 7) is 7.46. The van der Waals surface area contributed by atoms with E-state index in [0.29, 0.717) is 12.1 Å². The van der Waals surface area contributed by atoms with E-state index in [4.69, 9.17) is 4.74 Å². The maximum Gasteiger partial charge on any atom is 0.407 e.